The van der Waals surface area contributed by atoms with Crippen LogP contribution in [-0.4, -0.2) is 37.3 Å². The lowest BCUT2D eigenvalue weighted by atomic mass is 10.1. The monoisotopic (exact) mass is 297 g/mol. The van der Waals surface area contributed by atoms with Crippen LogP contribution in [0.5, 0.6) is 5.75 Å². The van der Waals surface area contributed by atoms with Gasteiger partial charge in [-0.2, -0.15) is 0 Å². The van der Waals surface area contributed by atoms with E-state index in [9.17, 15) is 14.9 Å². The number of hydrogen-bond acceptors (Lipinski definition) is 7. The van der Waals surface area contributed by atoms with Gasteiger partial charge in [0.1, 0.15) is 5.75 Å². The molecule has 1 aliphatic rings. The van der Waals surface area contributed by atoms with Gasteiger partial charge in [0.15, 0.2) is 12.9 Å². The Morgan fingerprint density at radius 1 is 1.43 bits per heavy atom. The van der Waals surface area contributed by atoms with Crippen LogP contribution in [0.25, 0.3) is 0 Å². The Balaban J connectivity index is 2.14. The summed E-state index contributed by atoms with van der Waals surface area (Å²) in [6, 6.07) is 4.14. The van der Waals surface area contributed by atoms with E-state index >= 15 is 0 Å². The second kappa shape index (κ2) is 7.00. The fourth-order valence-corrected chi connectivity index (χ4v) is 1.86. The molecule has 1 aromatic carbocycles. The number of nitrogens with zero attached hydrogens (tertiary/aromatic N) is 1. The molecular formula is C13H15NO7. The summed E-state index contributed by atoms with van der Waals surface area (Å²) in [6.07, 6.45) is -0.795. The third-order valence-electron chi connectivity index (χ3n) is 2.73. The van der Waals surface area contributed by atoms with Gasteiger partial charge in [0, 0.05) is 6.07 Å². The van der Waals surface area contributed by atoms with Crippen molar-refractivity contribution in [3.8, 4) is 5.75 Å². The summed E-state index contributed by atoms with van der Waals surface area (Å²) >= 11 is 0. The average Bonchev–Trinajstić information content (AvgIpc) is 2.99. The van der Waals surface area contributed by atoms with Gasteiger partial charge in [0.25, 0.3) is 5.69 Å². The number of benzene rings is 1. The van der Waals surface area contributed by atoms with E-state index in [-0.39, 0.29) is 24.5 Å². The molecule has 0 radical (unpaired) electrons. The highest BCUT2D eigenvalue weighted by atomic mass is 16.7. The van der Waals surface area contributed by atoms with Gasteiger partial charge >= 0.3 is 5.97 Å². The van der Waals surface area contributed by atoms with Crippen LogP contribution in [0.4, 0.5) is 5.69 Å². The molecule has 0 amide bonds. The summed E-state index contributed by atoms with van der Waals surface area (Å²) in [4.78, 5) is 21.7. The van der Waals surface area contributed by atoms with Gasteiger partial charge in [-0.25, -0.2) is 4.79 Å². The number of nitro groups is 1. The lowest BCUT2D eigenvalue weighted by molar-refractivity contribution is -0.386. The molecule has 0 N–H and O–H groups in total. The first-order valence-electron chi connectivity index (χ1n) is 6.41. The molecule has 1 fully saturated rings. The topological polar surface area (TPSA) is 97.1 Å². The number of hydrogen-bond donors (Lipinski definition) is 0. The average molecular weight is 297 g/mol. The Kier molecular flexibility index (Phi) is 5.07. The molecule has 1 aliphatic heterocycles. The van der Waals surface area contributed by atoms with Crippen LogP contribution in [0.2, 0.25) is 0 Å². The van der Waals surface area contributed by atoms with Gasteiger partial charge in [0.2, 0.25) is 0 Å². The van der Waals surface area contributed by atoms with Crippen molar-refractivity contribution < 1.29 is 28.7 Å². The smallest absolute Gasteiger partial charge is 0.344 e. The lowest BCUT2D eigenvalue weighted by Crippen LogP contribution is -2.15. The highest BCUT2D eigenvalue weighted by molar-refractivity contribution is 5.71. The van der Waals surface area contributed by atoms with Crippen molar-refractivity contribution in [2.24, 2.45) is 0 Å². The van der Waals surface area contributed by atoms with Crippen LogP contribution in [0.15, 0.2) is 18.2 Å². The van der Waals surface area contributed by atoms with E-state index in [4.69, 9.17) is 18.9 Å². The first kappa shape index (κ1) is 15.2. The standard InChI is InChI=1S/C13H15NO7/c1-2-18-12(15)8-21-9-3-4-11(14(16)17)10(7-9)13-19-5-6-20-13/h3-4,7,13H,2,5-6,8H2,1H3. The van der Waals surface area contributed by atoms with Crippen molar-refractivity contribution in [3.05, 3.63) is 33.9 Å². The van der Waals surface area contributed by atoms with Crippen LogP contribution < -0.4 is 4.74 Å². The zero-order valence-corrected chi connectivity index (χ0v) is 11.4. The number of carbonyl (C=O) groups is 1. The maximum atomic E-state index is 11.2. The van der Waals surface area contributed by atoms with Gasteiger partial charge in [-0.1, -0.05) is 0 Å². The molecule has 1 heterocycles. The predicted molar refractivity (Wildman–Crippen MR) is 69.9 cm³/mol. The van der Waals surface area contributed by atoms with Crippen molar-refractivity contribution in [2.75, 3.05) is 26.4 Å². The van der Waals surface area contributed by atoms with Crippen molar-refractivity contribution in [2.45, 2.75) is 13.2 Å². The molecule has 0 aliphatic carbocycles. The van der Waals surface area contributed by atoms with E-state index in [1.807, 2.05) is 0 Å². The normalized spacial score (nSPS) is 14.9. The summed E-state index contributed by atoms with van der Waals surface area (Å²) in [5.74, 6) is -0.200. The first-order chi connectivity index (χ1) is 10.1. The zero-order chi connectivity index (χ0) is 15.2. The minimum Gasteiger partial charge on any atom is -0.482 e. The third-order valence-corrected chi connectivity index (χ3v) is 2.73. The molecule has 0 aromatic heterocycles. The van der Waals surface area contributed by atoms with E-state index in [1.54, 1.807) is 6.92 Å². The Bertz CT molecular complexity index is 525. The number of ether oxygens (including phenoxy) is 4. The third kappa shape index (κ3) is 3.89. The van der Waals surface area contributed by atoms with Crippen molar-refractivity contribution >= 4 is 11.7 Å². The molecule has 2 rings (SSSR count). The second-order valence-corrected chi connectivity index (χ2v) is 4.14. The van der Waals surface area contributed by atoms with E-state index in [0.717, 1.165) is 0 Å². The summed E-state index contributed by atoms with van der Waals surface area (Å²) in [5, 5.41) is 11.0. The summed E-state index contributed by atoms with van der Waals surface area (Å²) in [6.45, 7) is 2.43. The SMILES string of the molecule is CCOC(=O)COc1ccc([N+](=O)[O-])c(C2OCCO2)c1. The van der Waals surface area contributed by atoms with E-state index < -0.39 is 17.2 Å². The van der Waals surface area contributed by atoms with Gasteiger partial charge in [-0.05, 0) is 19.1 Å². The first-order valence-corrected chi connectivity index (χ1v) is 6.41. The van der Waals surface area contributed by atoms with E-state index in [0.29, 0.717) is 19.0 Å². The van der Waals surface area contributed by atoms with Gasteiger partial charge in [-0.3, -0.25) is 10.1 Å². The molecule has 0 saturated carbocycles. The van der Waals surface area contributed by atoms with Crippen LogP contribution in [0.3, 0.4) is 0 Å². The Morgan fingerprint density at radius 3 is 2.76 bits per heavy atom. The molecule has 8 nitrogen and oxygen atoms in total. The number of nitro benzene ring substituents is 1. The molecular weight excluding hydrogens is 282 g/mol. The van der Waals surface area contributed by atoms with Gasteiger partial charge in [0.05, 0.1) is 30.3 Å². The lowest BCUT2D eigenvalue weighted by Gasteiger charge is -2.12. The predicted octanol–water partition coefficient (Wildman–Crippen LogP) is 1.58. The van der Waals surface area contributed by atoms with Crippen LogP contribution in [-0.2, 0) is 19.0 Å². The number of rotatable bonds is 6. The Labute approximate surface area is 120 Å². The maximum Gasteiger partial charge on any atom is 0.344 e. The molecule has 0 spiro atoms. The largest absolute Gasteiger partial charge is 0.482 e. The Morgan fingerprint density at radius 2 is 2.14 bits per heavy atom. The summed E-state index contributed by atoms with van der Waals surface area (Å²) < 4.78 is 20.5. The maximum absolute atomic E-state index is 11.2. The highest BCUT2D eigenvalue weighted by Gasteiger charge is 2.27. The van der Waals surface area contributed by atoms with Crippen molar-refractivity contribution in [3.63, 3.8) is 0 Å². The number of esters is 1. The van der Waals surface area contributed by atoms with Crippen molar-refractivity contribution in [1.82, 2.24) is 0 Å². The minimum atomic E-state index is -0.795. The molecule has 1 saturated heterocycles. The quantitative estimate of drug-likeness (QED) is 0.446. The van der Waals surface area contributed by atoms with Crippen LogP contribution >= 0.6 is 0 Å². The van der Waals surface area contributed by atoms with E-state index in [2.05, 4.69) is 0 Å². The molecule has 21 heavy (non-hydrogen) atoms. The Hall–Kier alpha value is -2.19. The second-order valence-electron chi connectivity index (χ2n) is 4.14. The molecule has 8 heteroatoms. The number of carbonyl (C=O) groups excluding carboxylic acids is 1. The van der Waals surface area contributed by atoms with Gasteiger partial charge < -0.3 is 18.9 Å². The van der Waals surface area contributed by atoms with E-state index in [1.165, 1.54) is 18.2 Å². The molecule has 0 bridgehead atoms. The fraction of sp³-hybridized carbons (Fsp3) is 0.462. The fourth-order valence-electron chi connectivity index (χ4n) is 1.86. The molecule has 0 unspecified atom stereocenters. The van der Waals surface area contributed by atoms with Crippen LogP contribution in [0.1, 0.15) is 18.8 Å². The molecule has 1 aromatic rings. The zero-order valence-electron chi connectivity index (χ0n) is 11.4. The molecule has 114 valence electrons. The molecule has 0 atom stereocenters. The van der Waals surface area contributed by atoms with Crippen LogP contribution in [0, 0.1) is 10.1 Å². The highest BCUT2D eigenvalue weighted by Crippen LogP contribution is 2.33. The van der Waals surface area contributed by atoms with Crippen molar-refractivity contribution in [1.29, 1.82) is 0 Å². The summed E-state index contributed by atoms with van der Waals surface area (Å²) in [5.41, 5.74) is 0.143. The summed E-state index contributed by atoms with van der Waals surface area (Å²) in [7, 11) is 0. The minimum absolute atomic E-state index is 0.120. The van der Waals surface area contributed by atoms with Gasteiger partial charge in [-0.15, -0.1) is 0 Å².